The molecule has 3 aromatic rings. The molecule has 1 atom stereocenters. The lowest BCUT2D eigenvalue weighted by molar-refractivity contribution is -0.161. The van der Waals surface area contributed by atoms with Crippen LogP contribution in [0, 0.1) is 11.2 Å². The van der Waals surface area contributed by atoms with E-state index in [0.29, 0.717) is 41.0 Å². The SMILES string of the molecule is C=C(NNC(=C)C(Nc1ccc(C(=N)N)cc1)c1cc(OC)c(OC)cc1F)c1ncccc1Br.CC(F)(F)C(=O)O. The minimum absolute atomic E-state index is 0.0477. The van der Waals surface area contributed by atoms with Gasteiger partial charge < -0.3 is 31.1 Å². The Morgan fingerprint density at radius 3 is 2.19 bits per heavy atom. The number of aromatic nitrogens is 1. The van der Waals surface area contributed by atoms with Gasteiger partial charge in [0.1, 0.15) is 17.3 Å². The summed E-state index contributed by atoms with van der Waals surface area (Å²) < 4.78 is 49.0. The molecule has 224 valence electrons. The van der Waals surface area contributed by atoms with E-state index in [1.165, 1.54) is 20.3 Å². The van der Waals surface area contributed by atoms with E-state index < -0.39 is 23.8 Å². The lowest BCUT2D eigenvalue weighted by Gasteiger charge is -2.26. The molecule has 1 aromatic heterocycles. The smallest absolute Gasteiger partial charge is 0.374 e. The van der Waals surface area contributed by atoms with Crippen molar-refractivity contribution >= 4 is 39.1 Å². The lowest BCUT2D eigenvalue weighted by Crippen LogP contribution is -2.34. The molecule has 0 spiro atoms. The van der Waals surface area contributed by atoms with Crippen LogP contribution >= 0.6 is 15.9 Å². The molecule has 2 aromatic carbocycles. The van der Waals surface area contributed by atoms with Crippen LogP contribution in [0.25, 0.3) is 5.70 Å². The first-order chi connectivity index (χ1) is 19.7. The topological polar surface area (TPSA) is 155 Å². The quantitative estimate of drug-likeness (QED) is 0.0853. The number of nitrogen functional groups attached to an aromatic ring is 1. The van der Waals surface area contributed by atoms with Crippen LogP contribution in [0.2, 0.25) is 0 Å². The maximum Gasteiger partial charge on any atom is 0.374 e. The summed E-state index contributed by atoms with van der Waals surface area (Å²) in [5.41, 5.74) is 14.5. The summed E-state index contributed by atoms with van der Waals surface area (Å²) >= 11 is 3.44. The zero-order chi connectivity index (χ0) is 31.6. The number of methoxy groups -OCH3 is 2. The molecule has 0 saturated carbocycles. The number of ether oxygens (including phenoxy) is 2. The molecule has 0 aliphatic heterocycles. The number of benzene rings is 2. The number of anilines is 1. The number of amidine groups is 1. The molecule has 0 aliphatic rings. The van der Waals surface area contributed by atoms with Gasteiger partial charge in [-0.2, -0.15) is 8.78 Å². The van der Waals surface area contributed by atoms with E-state index in [1.54, 1.807) is 42.6 Å². The van der Waals surface area contributed by atoms with Crippen molar-refractivity contribution in [2.24, 2.45) is 5.73 Å². The number of rotatable bonds is 12. The van der Waals surface area contributed by atoms with Gasteiger partial charge in [-0.05, 0) is 58.4 Å². The van der Waals surface area contributed by atoms with Crippen LogP contribution < -0.4 is 31.4 Å². The summed E-state index contributed by atoms with van der Waals surface area (Å²) in [7, 11) is 2.92. The highest BCUT2D eigenvalue weighted by Gasteiger charge is 2.31. The number of nitrogens with one attached hydrogen (secondary N) is 4. The molecule has 0 radical (unpaired) electrons. The number of hydrogen-bond donors (Lipinski definition) is 6. The molecule has 0 aliphatic carbocycles. The summed E-state index contributed by atoms with van der Waals surface area (Å²) in [5, 5.41) is 18.3. The van der Waals surface area contributed by atoms with Gasteiger partial charge in [-0.1, -0.05) is 13.2 Å². The summed E-state index contributed by atoms with van der Waals surface area (Å²) in [6.45, 7) is 8.42. The summed E-state index contributed by atoms with van der Waals surface area (Å²) in [6, 6.07) is 12.6. The van der Waals surface area contributed by atoms with Gasteiger partial charge in [0, 0.05) is 40.5 Å². The summed E-state index contributed by atoms with van der Waals surface area (Å²) in [5.74, 6) is -5.61. The highest BCUT2D eigenvalue weighted by atomic mass is 79.9. The monoisotopic (exact) mass is 650 g/mol. The molecule has 1 heterocycles. The third kappa shape index (κ3) is 9.16. The van der Waals surface area contributed by atoms with Gasteiger partial charge in [0.2, 0.25) is 0 Å². The molecule has 0 amide bonds. The fraction of sp³-hybridized carbons (Fsp3) is 0.179. The molecule has 3 rings (SSSR count). The molecule has 14 heteroatoms. The largest absolute Gasteiger partial charge is 0.493 e. The van der Waals surface area contributed by atoms with Crippen LogP contribution in [-0.4, -0.2) is 42.0 Å². The van der Waals surface area contributed by atoms with Gasteiger partial charge in [0.15, 0.2) is 11.5 Å². The minimum Gasteiger partial charge on any atom is -0.493 e. The number of carbonyl (C=O) groups is 1. The minimum atomic E-state index is -3.58. The number of halogens is 4. The van der Waals surface area contributed by atoms with Gasteiger partial charge in [-0.15, -0.1) is 0 Å². The molecule has 1 unspecified atom stereocenters. The number of hydrazine groups is 1. The number of carboxylic acid groups (broad SMARTS) is 1. The summed E-state index contributed by atoms with van der Waals surface area (Å²) in [4.78, 5) is 13.6. The Hall–Kier alpha value is -4.72. The van der Waals surface area contributed by atoms with Crippen molar-refractivity contribution in [2.45, 2.75) is 18.9 Å². The number of nitrogens with zero attached hydrogens (tertiary/aromatic N) is 1. The molecule has 10 nitrogen and oxygen atoms in total. The molecule has 7 N–H and O–H groups in total. The van der Waals surface area contributed by atoms with E-state index in [0.717, 1.165) is 4.47 Å². The number of hydrogen-bond acceptors (Lipinski definition) is 8. The third-order valence-corrected chi connectivity index (χ3v) is 6.10. The van der Waals surface area contributed by atoms with Crippen LogP contribution in [0.5, 0.6) is 11.5 Å². The normalized spacial score (nSPS) is 11.2. The van der Waals surface area contributed by atoms with Crippen LogP contribution in [-0.2, 0) is 4.79 Å². The van der Waals surface area contributed by atoms with E-state index in [4.69, 9.17) is 25.7 Å². The summed E-state index contributed by atoms with van der Waals surface area (Å²) in [6.07, 6.45) is 1.65. The van der Waals surface area contributed by atoms with Gasteiger partial charge in [-0.25, -0.2) is 9.18 Å². The predicted octanol–water partition coefficient (Wildman–Crippen LogP) is 5.44. The molecular weight excluding hydrogens is 621 g/mol. The Kier molecular flexibility index (Phi) is 11.8. The highest BCUT2D eigenvalue weighted by Crippen LogP contribution is 2.35. The van der Waals surface area contributed by atoms with Crippen molar-refractivity contribution in [2.75, 3.05) is 19.5 Å². The second-order valence-corrected chi connectivity index (χ2v) is 9.43. The van der Waals surface area contributed by atoms with Crippen LogP contribution in [0.4, 0.5) is 18.9 Å². The first-order valence-corrected chi connectivity index (χ1v) is 12.7. The van der Waals surface area contributed by atoms with Crippen molar-refractivity contribution < 1.29 is 32.5 Å². The number of nitrogens with two attached hydrogens (primary N) is 1. The standard InChI is InChI=1S/C25H26BrFN6O2.C3H4F2O2/c1-14(32-33-15(2)24-19(26)6-5-11-30-24)23(31-17-9-7-16(8-10-17)25(28)29)18-12-21(34-3)22(35-4)13-20(18)27;1-3(4,5)2(6)7/h5-13,23,31-33H,1-2H2,3-4H3,(H3,28,29);1H3,(H,6,7). The maximum absolute atomic E-state index is 15.2. The zero-order valence-corrected chi connectivity index (χ0v) is 24.5. The number of aliphatic carboxylic acids is 1. The van der Waals surface area contributed by atoms with E-state index >= 15 is 4.39 Å². The van der Waals surface area contributed by atoms with E-state index in [9.17, 15) is 13.6 Å². The number of alkyl halides is 2. The molecule has 0 saturated heterocycles. The third-order valence-electron chi connectivity index (χ3n) is 5.46. The van der Waals surface area contributed by atoms with Gasteiger partial charge in [0.25, 0.3) is 0 Å². The van der Waals surface area contributed by atoms with Crippen molar-refractivity contribution in [3.05, 3.63) is 101 Å². The fourth-order valence-electron chi connectivity index (χ4n) is 3.25. The zero-order valence-electron chi connectivity index (χ0n) is 22.9. The van der Waals surface area contributed by atoms with Crippen LogP contribution in [0.15, 0.2) is 78.1 Å². The average molecular weight is 651 g/mol. The van der Waals surface area contributed by atoms with E-state index in [1.807, 2.05) is 6.07 Å². The first-order valence-electron chi connectivity index (χ1n) is 11.9. The van der Waals surface area contributed by atoms with E-state index in [-0.39, 0.29) is 17.1 Å². The Balaban J connectivity index is 0.000000782. The van der Waals surface area contributed by atoms with Gasteiger partial charge in [0.05, 0.1) is 31.7 Å². The lowest BCUT2D eigenvalue weighted by atomic mass is 10.0. The van der Waals surface area contributed by atoms with Gasteiger partial charge in [-0.3, -0.25) is 15.8 Å². The van der Waals surface area contributed by atoms with Gasteiger partial charge >= 0.3 is 11.9 Å². The maximum atomic E-state index is 15.2. The second-order valence-electron chi connectivity index (χ2n) is 8.58. The Labute approximate surface area is 249 Å². The number of carboxylic acids is 1. The van der Waals surface area contributed by atoms with Crippen LogP contribution in [0.3, 0.4) is 0 Å². The van der Waals surface area contributed by atoms with Crippen molar-refractivity contribution in [1.82, 2.24) is 15.8 Å². The van der Waals surface area contributed by atoms with E-state index in [2.05, 4.69) is 50.2 Å². The van der Waals surface area contributed by atoms with Crippen LogP contribution in [0.1, 0.15) is 29.8 Å². The predicted molar refractivity (Wildman–Crippen MR) is 158 cm³/mol. The fourth-order valence-corrected chi connectivity index (χ4v) is 3.75. The van der Waals surface area contributed by atoms with Crippen molar-refractivity contribution in [3.8, 4) is 11.5 Å². The molecular formula is C28H30BrF3N6O4. The first kappa shape index (κ1) is 33.5. The Morgan fingerprint density at radius 2 is 1.69 bits per heavy atom. The molecule has 0 fully saturated rings. The molecule has 42 heavy (non-hydrogen) atoms. The Morgan fingerprint density at radius 1 is 1.12 bits per heavy atom. The number of pyridine rings is 1. The van der Waals surface area contributed by atoms with Crippen molar-refractivity contribution in [1.29, 1.82) is 5.41 Å². The Bertz CT molecular complexity index is 1450. The molecule has 0 bridgehead atoms. The highest BCUT2D eigenvalue weighted by molar-refractivity contribution is 9.10. The average Bonchev–Trinajstić information content (AvgIpc) is 2.94. The van der Waals surface area contributed by atoms with Crippen molar-refractivity contribution in [3.63, 3.8) is 0 Å². The second kappa shape index (κ2) is 14.8.